The number of benzene rings is 2. The molecule has 1 aromatic heterocycles. The van der Waals surface area contributed by atoms with E-state index in [1.54, 1.807) is 6.20 Å². The third kappa shape index (κ3) is 1.83. The van der Waals surface area contributed by atoms with Gasteiger partial charge in [-0.15, -0.1) is 0 Å². The van der Waals surface area contributed by atoms with Crippen LogP contribution < -0.4 is 5.56 Å². The fraction of sp³-hybridized carbons (Fsp3) is 0.176. The van der Waals surface area contributed by atoms with Gasteiger partial charge in [-0.1, -0.05) is 30.3 Å². The molecule has 0 unspecified atom stereocenters. The van der Waals surface area contributed by atoms with E-state index in [0.717, 1.165) is 17.0 Å². The van der Waals surface area contributed by atoms with Gasteiger partial charge in [-0.2, -0.15) is 9.78 Å². The molecule has 4 rings (SSSR count). The summed E-state index contributed by atoms with van der Waals surface area (Å²) >= 11 is 0. The van der Waals surface area contributed by atoms with Crippen molar-refractivity contribution < 1.29 is 0 Å². The first kappa shape index (κ1) is 11.4. The van der Waals surface area contributed by atoms with Crippen molar-refractivity contribution in [3.8, 4) is 5.69 Å². The number of hydrogen-bond acceptors (Lipinski definition) is 2. The van der Waals surface area contributed by atoms with Gasteiger partial charge >= 0.3 is 0 Å². The molecule has 0 saturated heterocycles. The van der Waals surface area contributed by atoms with Crippen molar-refractivity contribution in [3.63, 3.8) is 0 Å². The Hall–Kier alpha value is -2.42. The minimum atomic E-state index is -0.0673. The number of nitrogens with zero attached hydrogens (tertiary/aromatic N) is 2. The number of rotatable bonds is 2. The quantitative estimate of drug-likeness (QED) is 0.710. The maximum absolute atomic E-state index is 12.5. The summed E-state index contributed by atoms with van der Waals surface area (Å²) in [5.74, 6) is 0.727. The third-order valence-electron chi connectivity index (χ3n) is 3.88. The smallest absolute Gasteiger partial charge is 0.267 e. The van der Waals surface area contributed by atoms with E-state index in [2.05, 4.69) is 17.2 Å². The van der Waals surface area contributed by atoms with Crippen molar-refractivity contribution in [1.29, 1.82) is 0 Å². The van der Waals surface area contributed by atoms with E-state index in [1.807, 2.05) is 36.4 Å². The molecule has 3 heteroatoms. The molecule has 98 valence electrons. The summed E-state index contributed by atoms with van der Waals surface area (Å²) in [6, 6.07) is 15.7. The first-order chi connectivity index (χ1) is 9.83. The van der Waals surface area contributed by atoms with Crippen LogP contribution in [0.2, 0.25) is 0 Å². The fourth-order valence-electron chi connectivity index (χ4n) is 2.58. The lowest BCUT2D eigenvalue weighted by atomic mass is 10.1. The molecule has 0 atom stereocenters. The van der Waals surface area contributed by atoms with Crippen molar-refractivity contribution in [2.24, 2.45) is 0 Å². The standard InChI is InChI=1S/C17H14N2O/c20-17-16-4-2-1-3-14(16)11-18-19(17)15-9-7-13(8-10-15)12-5-6-12/h1-4,7-12H,5-6H2. The Bertz CT molecular complexity index is 829. The van der Waals surface area contributed by atoms with E-state index in [4.69, 9.17) is 0 Å². The van der Waals surface area contributed by atoms with Crippen LogP contribution >= 0.6 is 0 Å². The molecule has 3 nitrogen and oxygen atoms in total. The molecule has 0 N–H and O–H groups in total. The van der Waals surface area contributed by atoms with Gasteiger partial charge in [0.15, 0.2) is 0 Å². The highest BCUT2D eigenvalue weighted by Crippen LogP contribution is 2.39. The molecule has 0 bridgehead atoms. The Labute approximate surface area is 116 Å². The predicted molar refractivity (Wildman–Crippen MR) is 79.3 cm³/mol. The number of hydrogen-bond donors (Lipinski definition) is 0. The van der Waals surface area contributed by atoms with Crippen molar-refractivity contribution in [2.45, 2.75) is 18.8 Å². The summed E-state index contributed by atoms with van der Waals surface area (Å²) in [4.78, 5) is 12.5. The summed E-state index contributed by atoms with van der Waals surface area (Å²) in [7, 11) is 0. The van der Waals surface area contributed by atoms with Crippen molar-refractivity contribution in [1.82, 2.24) is 9.78 Å². The average Bonchev–Trinajstić information content (AvgIpc) is 3.33. The van der Waals surface area contributed by atoms with Gasteiger partial charge in [-0.05, 0) is 42.5 Å². The molecule has 3 aromatic rings. The fourth-order valence-corrected chi connectivity index (χ4v) is 2.58. The Morgan fingerprint density at radius 3 is 2.50 bits per heavy atom. The summed E-state index contributed by atoms with van der Waals surface area (Å²) in [6.45, 7) is 0. The van der Waals surface area contributed by atoms with Gasteiger partial charge in [0.1, 0.15) is 0 Å². The molecule has 1 fully saturated rings. The van der Waals surface area contributed by atoms with Gasteiger partial charge < -0.3 is 0 Å². The highest BCUT2D eigenvalue weighted by Gasteiger charge is 2.23. The molecular formula is C17H14N2O. The van der Waals surface area contributed by atoms with Crippen LogP contribution in [-0.4, -0.2) is 9.78 Å². The van der Waals surface area contributed by atoms with Crippen molar-refractivity contribution in [3.05, 3.63) is 70.6 Å². The van der Waals surface area contributed by atoms with E-state index in [0.29, 0.717) is 5.39 Å². The zero-order valence-corrected chi connectivity index (χ0v) is 11.0. The lowest BCUT2D eigenvalue weighted by molar-refractivity contribution is 0.820. The van der Waals surface area contributed by atoms with E-state index < -0.39 is 0 Å². The van der Waals surface area contributed by atoms with Crippen LogP contribution in [0.5, 0.6) is 0 Å². The SMILES string of the molecule is O=c1c2ccccc2cnn1-c1ccc(C2CC2)cc1. The van der Waals surface area contributed by atoms with E-state index in [9.17, 15) is 4.79 Å². The molecule has 1 aliphatic carbocycles. The molecule has 20 heavy (non-hydrogen) atoms. The molecule has 1 aliphatic rings. The Morgan fingerprint density at radius 1 is 1.00 bits per heavy atom. The highest BCUT2D eigenvalue weighted by atomic mass is 16.1. The minimum Gasteiger partial charge on any atom is -0.267 e. The number of fused-ring (bicyclic) bond motifs is 1. The van der Waals surface area contributed by atoms with Gasteiger partial charge in [-0.3, -0.25) is 4.79 Å². The summed E-state index contributed by atoms with van der Waals surface area (Å²) in [6.07, 6.45) is 4.31. The molecular weight excluding hydrogens is 248 g/mol. The highest BCUT2D eigenvalue weighted by molar-refractivity contribution is 5.80. The molecule has 1 heterocycles. The van der Waals surface area contributed by atoms with Gasteiger partial charge in [0, 0.05) is 5.39 Å². The normalized spacial score (nSPS) is 14.6. The largest absolute Gasteiger partial charge is 0.279 e. The zero-order chi connectivity index (χ0) is 13.5. The van der Waals surface area contributed by atoms with Crippen LogP contribution in [0.15, 0.2) is 59.5 Å². The van der Waals surface area contributed by atoms with E-state index in [-0.39, 0.29) is 5.56 Å². The summed E-state index contributed by atoms with van der Waals surface area (Å²) in [5.41, 5.74) is 2.12. The Balaban J connectivity index is 1.84. The number of aromatic nitrogens is 2. The van der Waals surface area contributed by atoms with Gasteiger partial charge in [0.05, 0.1) is 17.3 Å². The van der Waals surface area contributed by atoms with Gasteiger partial charge in [-0.25, -0.2) is 0 Å². The van der Waals surface area contributed by atoms with Crippen LogP contribution in [-0.2, 0) is 0 Å². The Kier molecular flexibility index (Phi) is 2.46. The third-order valence-corrected chi connectivity index (χ3v) is 3.88. The minimum absolute atomic E-state index is 0.0673. The molecule has 0 spiro atoms. The second-order valence-electron chi connectivity index (χ2n) is 5.31. The molecule has 0 radical (unpaired) electrons. The maximum Gasteiger partial charge on any atom is 0.279 e. The van der Waals surface area contributed by atoms with E-state index >= 15 is 0 Å². The predicted octanol–water partition coefficient (Wildman–Crippen LogP) is 3.26. The Morgan fingerprint density at radius 2 is 1.75 bits per heavy atom. The van der Waals surface area contributed by atoms with E-state index in [1.165, 1.54) is 23.1 Å². The lowest BCUT2D eigenvalue weighted by Crippen LogP contribution is -2.20. The van der Waals surface area contributed by atoms with Gasteiger partial charge in [0.2, 0.25) is 0 Å². The van der Waals surface area contributed by atoms with Crippen molar-refractivity contribution >= 4 is 10.8 Å². The van der Waals surface area contributed by atoms with Crippen LogP contribution in [0.4, 0.5) is 0 Å². The first-order valence-corrected chi connectivity index (χ1v) is 6.90. The molecule has 2 aromatic carbocycles. The summed E-state index contributed by atoms with van der Waals surface area (Å²) < 4.78 is 1.47. The van der Waals surface area contributed by atoms with Crippen molar-refractivity contribution in [2.75, 3.05) is 0 Å². The zero-order valence-electron chi connectivity index (χ0n) is 11.0. The van der Waals surface area contributed by atoms with Gasteiger partial charge in [0.25, 0.3) is 5.56 Å². The monoisotopic (exact) mass is 262 g/mol. The second-order valence-corrected chi connectivity index (χ2v) is 5.31. The van der Waals surface area contributed by atoms with Crippen LogP contribution in [0.25, 0.3) is 16.5 Å². The van der Waals surface area contributed by atoms with Crippen LogP contribution in [0.3, 0.4) is 0 Å². The molecule has 0 aliphatic heterocycles. The average molecular weight is 262 g/mol. The summed E-state index contributed by atoms with van der Waals surface area (Å²) in [5, 5.41) is 5.85. The van der Waals surface area contributed by atoms with Crippen LogP contribution in [0, 0.1) is 0 Å². The first-order valence-electron chi connectivity index (χ1n) is 6.90. The maximum atomic E-state index is 12.5. The van der Waals surface area contributed by atoms with Crippen LogP contribution in [0.1, 0.15) is 24.3 Å². The second kappa shape index (κ2) is 4.30. The molecule has 0 amide bonds. The topological polar surface area (TPSA) is 34.9 Å². The lowest BCUT2D eigenvalue weighted by Gasteiger charge is -2.06. The molecule has 1 saturated carbocycles.